The van der Waals surface area contributed by atoms with E-state index in [1.165, 1.54) is 22.5 Å². The molecule has 24 heavy (non-hydrogen) atoms. The first-order chi connectivity index (χ1) is 11.6. The molecule has 4 heteroatoms. The number of benzene rings is 2. The Morgan fingerprint density at radius 1 is 1.12 bits per heavy atom. The molecule has 0 aliphatic carbocycles. The van der Waals surface area contributed by atoms with Gasteiger partial charge in [-0.2, -0.15) is 0 Å². The van der Waals surface area contributed by atoms with Gasteiger partial charge in [0, 0.05) is 23.1 Å². The van der Waals surface area contributed by atoms with Gasteiger partial charge in [0.2, 0.25) is 0 Å². The van der Waals surface area contributed by atoms with Crippen molar-refractivity contribution in [2.24, 2.45) is 0 Å². The number of carbonyl (C=O) groups excluding carboxylic acids is 1. The Bertz CT molecular complexity index is 855. The van der Waals surface area contributed by atoms with Crippen molar-refractivity contribution in [3.8, 4) is 11.3 Å². The molecule has 0 saturated heterocycles. The van der Waals surface area contributed by atoms with E-state index in [4.69, 9.17) is 4.98 Å². The summed E-state index contributed by atoms with van der Waals surface area (Å²) in [4.78, 5) is 19.2. The van der Waals surface area contributed by atoms with Gasteiger partial charge in [-0.3, -0.25) is 9.69 Å². The fourth-order valence-electron chi connectivity index (χ4n) is 2.72. The second-order valence-electron chi connectivity index (χ2n) is 5.75. The van der Waals surface area contributed by atoms with Crippen LogP contribution in [0.4, 0.5) is 5.13 Å². The molecule has 0 aliphatic rings. The lowest BCUT2D eigenvalue weighted by Crippen LogP contribution is -2.30. The largest absolute Gasteiger partial charge is 0.284 e. The summed E-state index contributed by atoms with van der Waals surface area (Å²) in [6.07, 6.45) is 0. The number of hydrogen-bond donors (Lipinski definition) is 0. The predicted octanol–water partition coefficient (Wildman–Crippen LogP) is 5.09. The molecule has 0 bridgehead atoms. The van der Waals surface area contributed by atoms with Crippen LogP contribution in [0.2, 0.25) is 0 Å². The minimum atomic E-state index is -0.0142. The summed E-state index contributed by atoms with van der Waals surface area (Å²) >= 11 is 1.51. The summed E-state index contributed by atoms with van der Waals surface area (Å²) in [5.74, 6) is -0.0142. The van der Waals surface area contributed by atoms with Crippen molar-refractivity contribution in [2.75, 3.05) is 11.4 Å². The third-order valence-corrected chi connectivity index (χ3v) is 4.83. The first-order valence-electron chi connectivity index (χ1n) is 8.00. The fraction of sp³-hybridized carbons (Fsp3) is 0.200. The Labute approximate surface area is 146 Å². The van der Waals surface area contributed by atoms with Gasteiger partial charge in [-0.15, -0.1) is 11.3 Å². The molecule has 0 saturated carbocycles. The smallest absolute Gasteiger partial charge is 0.260 e. The Morgan fingerprint density at radius 2 is 1.88 bits per heavy atom. The number of nitrogens with zero attached hydrogens (tertiary/aromatic N) is 2. The minimum Gasteiger partial charge on any atom is -0.284 e. The van der Waals surface area contributed by atoms with Crippen LogP contribution in [0.25, 0.3) is 11.3 Å². The van der Waals surface area contributed by atoms with Gasteiger partial charge in [0.1, 0.15) is 0 Å². The Morgan fingerprint density at radius 3 is 2.54 bits per heavy atom. The van der Waals surface area contributed by atoms with Crippen molar-refractivity contribution in [3.63, 3.8) is 0 Å². The summed E-state index contributed by atoms with van der Waals surface area (Å²) in [5.41, 5.74) is 5.16. The van der Waals surface area contributed by atoms with E-state index >= 15 is 0 Å². The molecule has 1 heterocycles. The molecule has 0 radical (unpaired) electrons. The highest BCUT2D eigenvalue weighted by atomic mass is 32.1. The number of aryl methyl sites for hydroxylation is 2. The molecule has 0 aliphatic heterocycles. The third kappa shape index (κ3) is 3.24. The van der Waals surface area contributed by atoms with E-state index < -0.39 is 0 Å². The van der Waals surface area contributed by atoms with Gasteiger partial charge >= 0.3 is 0 Å². The van der Waals surface area contributed by atoms with Crippen molar-refractivity contribution in [1.29, 1.82) is 0 Å². The van der Waals surface area contributed by atoms with E-state index in [1.54, 1.807) is 4.90 Å². The van der Waals surface area contributed by atoms with Crippen molar-refractivity contribution < 1.29 is 4.79 Å². The minimum absolute atomic E-state index is 0.0142. The first kappa shape index (κ1) is 16.4. The summed E-state index contributed by atoms with van der Waals surface area (Å²) in [6, 6.07) is 15.7. The Hall–Kier alpha value is -2.46. The number of thiazole rings is 1. The van der Waals surface area contributed by atoms with Gasteiger partial charge in [-0.05, 0) is 38.5 Å². The monoisotopic (exact) mass is 336 g/mol. The Kier molecular flexibility index (Phi) is 4.76. The van der Waals surface area contributed by atoms with Crippen LogP contribution in [-0.2, 0) is 0 Å². The maximum atomic E-state index is 12.7. The molecule has 1 aromatic heterocycles. The lowest BCUT2D eigenvalue weighted by atomic mass is 10.0. The molecule has 3 nitrogen and oxygen atoms in total. The van der Waals surface area contributed by atoms with Crippen LogP contribution in [-0.4, -0.2) is 17.4 Å². The summed E-state index contributed by atoms with van der Waals surface area (Å²) in [7, 11) is 0. The highest BCUT2D eigenvalue weighted by molar-refractivity contribution is 7.14. The second-order valence-corrected chi connectivity index (χ2v) is 6.59. The number of rotatable bonds is 4. The van der Waals surface area contributed by atoms with Gasteiger partial charge in [-0.25, -0.2) is 4.98 Å². The maximum Gasteiger partial charge on any atom is 0.260 e. The quantitative estimate of drug-likeness (QED) is 0.664. The van der Waals surface area contributed by atoms with E-state index in [2.05, 4.69) is 32.0 Å². The first-order valence-corrected chi connectivity index (χ1v) is 8.88. The van der Waals surface area contributed by atoms with Gasteiger partial charge in [0.25, 0.3) is 5.91 Å². The molecule has 0 unspecified atom stereocenters. The van der Waals surface area contributed by atoms with Crippen LogP contribution in [0, 0.1) is 13.8 Å². The molecular formula is C20H20N2OS. The van der Waals surface area contributed by atoms with Crippen LogP contribution >= 0.6 is 11.3 Å². The zero-order valence-corrected chi connectivity index (χ0v) is 14.9. The number of aromatic nitrogens is 1. The predicted molar refractivity (Wildman–Crippen MR) is 101 cm³/mol. The number of amides is 1. The molecule has 0 spiro atoms. The number of anilines is 1. The standard InChI is InChI=1S/C20H20N2OS/c1-4-22(19(23)16-8-6-5-7-9-16)20-21-18(13-24-20)17-11-10-14(2)12-15(17)3/h5-13H,4H2,1-3H3. The summed E-state index contributed by atoms with van der Waals surface area (Å²) in [6.45, 7) is 6.74. The molecule has 3 rings (SSSR count). The Balaban J connectivity index is 1.92. The SMILES string of the molecule is CCN(C(=O)c1ccccc1)c1nc(-c2ccc(C)cc2C)cs1. The molecule has 2 aromatic carbocycles. The molecule has 0 fully saturated rings. The van der Waals surface area contributed by atoms with Crippen LogP contribution in [0.3, 0.4) is 0 Å². The zero-order chi connectivity index (χ0) is 17.1. The molecule has 122 valence electrons. The lowest BCUT2D eigenvalue weighted by Gasteiger charge is -2.17. The highest BCUT2D eigenvalue weighted by Gasteiger charge is 2.19. The van der Waals surface area contributed by atoms with Crippen molar-refractivity contribution >= 4 is 22.4 Å². The van der Waals surface area contributed by atoms with Crippen LogP contribution in [0.1, 0.15) is 28.4 Å². The van der Waals surface area contributed by atoms with Gasteiger partial charge < -0.3 is 0 Å². The molecule has 0 N–H and O–H groups in total. The van der Waals surface area contributed by atoms with Crippen molar-refractivity contribution in [3.05, 3.63) is 70.6 Å². The van der Waals surface area contributed by atoms with E-state index in [0.717, 1.165) is 16.4 Å². The average Bonchev–Trinajstić information content (AvgIpc) is 3.05. The number of carbonyl (C=O) groups is 1. The highest BCUT2D eigenvalue weighted by Crippen LogP contribution is 2.30. The summed E-state index contributed by atoms with van der Waals surface area (Å²) in [5, 5.41) is 2.76. The zero-order valence-electron chi connectivity index (χ0n) is 14.1. The van der Waals surface area contributed by atoms with Crippen molar-refractivity contribution in [2.45, 2.75) is 20.8 Å². The molecule has 3 aromatic rings. The normalized spacial score (nSPS) is 10.6. The molecular weight excluding hydrogens is 316 g/mol. The van der Waals surface area contributed by atoms with Gasteiger partial charge in [-0.1, -0.05) is 42.0 Å². The fourth-order valence-corrected chi connectivity index (χ4v) is 3.60. The van der Waals surface area contributed by atoms with Gasteiger partial charge in [0.05, 0.1) is 5.69 Å². The molecule has 0 atom stereocenters. The van der Waals surface area contributed by atoms with Gasteiger partial charge in [0.15, 0.2) is 5.13 Å². The average molecular weight is 336 g/mol. The lowest BCUT2D eigenvalue weighted by molar-refractivity contribution is 0.0988. The number of hydrogen-bond acceptors (Lipinski definition) is 3. The van der Waals surface area contributed by atoms with E-state index in [-0.39, 0.29) is 5.91 Å². The maximum absolute atomic E-state index is 12.7. The van der Waals surface area contributed by atoms with Crippen LogP contribution in [0.15, 0.2) is 53.9 Å². The van der Waals surface area contributed by atoms with E-state index in [0.29, 0.717) is 12.1 Å². The molecule has 1 amide bonds. The topological polar surface area (TPSA) is 33.2 Å². The van der Waals surface area contributed by atoms with Crippen LogP contribution < -0.4 is 4.90 Å². The van der Waals surface area contributed by atoms with E-state index in [1.807, 2.05) is 42.6 Å². The van der Waals surface area contributed by atoms with Crippen molar-refractivity contribution in [1.82, 2.24) is 4.98 Å². The second kappa shape index (κ2) is 6.97. The van der Waals surface area contributed by atoms with Crippen LogP contribution in [0.5, 0.6) is 0 Å². The summed E-state index contributed by atoms with van der Waals surface area (Å²) < 4.78 is 0. The third-order valence-electron chi connectivity index (χ3n) is 3.96. The van der Waals surface area contributed by atoms with E-state index in [9.17, 15) is 4.79 Å².